The van der Waals surface area contributed by atoms with Crippen LogP contribution in [0.1, 0.15) is 13.8 Å². The highest BCUT2D eigenvalue weighted by Gasteiger charge is 2.35. The maximum absolute atomic E-state index is 11.2. The van der Waals surface area contributed by atoms with Gasteiger partial charge in [-0.3, -0.25) is 9.59 Å². The van der Waals surface area contributed by atoms with Gasteiger partial charge in [0, 0.05) is 13.8 Å². The molecule has 0 radical (unpaired) electrons. The first-order valence-corrected chi connectivity index (χ1v) is 4.42. The molecule has 2 atom stereocenters. The Morgan fingerprint density at radius 2 is 1.35 bits per heavy atom. The van der Waals surface area contributed by atoms with E-state index in [4.69, 9.17) is 0 Å². The molecule has 0 bridgehead atoms. The molecule has 0 saturated carbocycles. The lowest BCUT2D eigenvalue weighted by atomic mass is 10.2. The molecule has 0 rings (SSSR count). The van der Waals surface area contributed by atoms with Gasteiger partial charge in [0.1, 0.15) is 0 Å². The van der Waals surface area contributed by atoms with Crippen molar-refractivity contribution in [3.05, 3.63) is 0 Å². The van der Waals surface area contributed by atoms with Crippen LogP contribution in [0, 0.1) is 0 Å². The molecule has 0 aliphatic rings. The van der Waals surface area contributed by atoms with E-state index < -0.39 is 36.1 Å². The number of rotatable bonds is 5. The number of esters is 3. The van der Waals surface area contributed by atoms with E-state index in [2.05, 4.69) is 14.2 Å². The van der Waals surface area contributed by atoms with Crippen molar-refractivity contribution in [2.45, 2.75) is 26.1 Å². The average molecular weight is 247 g/mol. The third kappa shape index (κ3) is 4.96. The smallest absolute Gasteiger partial charge is 0.351 e. The molecule has 0 amide bonds. The van der Waals surface area contributed by atoms with E-state index in [0.717, 1.165) is 21.0 Å². The third-order valence-corrected chi connectivity index (χ3v) is 1.53. The molecular weight excluding hydrogens is 236 g/mol. The van der Waals surface area contributed by atoms with Crippen molar-refractivity contribution in [1.82, 2.24) is 0 Å². The van der Waals surface area contributed by atoms with Crippen molar-refractivity contribution in [2.24, 2.45) is 0 Å². The van der Waals surface area contributed by atoms with E-state index in [1.54, 1.807) is 0 Å². The van der Waals surface area contributed by atoms with E-state index >= 15 is 0 Å². The quantitative estimate of drug-likeness (QED) is 0.395. The van der Waals surface area contributed by atoms with Crippen molar-refractivity contribution >= 4 is 23.9 Å². The molecule has 0 saturated heterocycles. The van der Waals surface area contributed by atoms with Crippen LogP contribution < -0.4 is 5.11 Å². The predicted octanol–water partition coefficient (Wildman–Crippen LogP) is -2.23. The number of carboxylic acids is 1. The Kier molecular flexibility index (Phi) is 5.65. The Hall–Kier alpha value is -2.12. The summed E-state index contributed by atoms with van der Waals surface area (Å²) in [6.45, 7) is 1.88. The highest BCUT2D eigenvalue weighted by Crippen LogP contribution is 2.07. The summed E-state index contributed by atoms with van der Waals surface area (Å²) in [4.78, 5) is 43.2. The summed E-state index contributed by atoms with van der Waals surface area (Å²) < 4.78 is 13.0. The summed E-state index contributed by atoms with van der Waals surface area (Å²) in [6, 6.07) is 0. The van der Waals surface area contributed by atoms with Crippen molar-refractivity contribution in [3.8, 4) is 0 Å². The van der Waals surface area contributed by atoms with Crippen LogP contribution in [-0.4, -0.2) is 43.2 Å². The van der Waals surface area contributed by atoms with Crippen molar-refractivity contribution < 1.29 is 38.5 Å². The minimum Gasteiger partial charge on any atom is -0.546 e. The molecule has 0 spiro atoms. The molecule has 0 aromatic heterocycles. The van der Waals surface area contributed by atoms with Crippen LogP contribution in [0.15, 0.2) is 0 Å². The standard InChI is InChI=1S/C9H12O8/c1-4(10)16-6(8(12)13)7(9(14)15-3)17-5(2)11/h6-7H,1-3H3,(H,12,13)/p-1/t6-,7+/m1/s1. The molecule has 0 unspecified atom stereocenters. The molecule has 17 heavy (non-hydrogen) atoms. The van der Waals surface area contributed by atoms with Crippen LogP contribution in [0.3, 0.4) is 0 Å². The van der Waals surface area contributed by atoms with Gasteiger partial charge < -0.3 is 24.1 Å². The van der Waals surface area contributed by atoms with E-state index in [9.17, 15) is 24.3 Å². The van der Waals surface area contributed by atoms with E-state index in [1.807, 2.05) is 0 Å². The molecule has 0 N–H and O–H groups in total. The number of carboxylic acid groups (broad SMARTS) is 1. The lowest BCUT2D eigenvalue weighted by molar-refractivity contribution is -0.318. The molecule has 8 nitrogen and oxygen atoms in total. The Morgan fingerprint density at radius 3 is 1.65 bits per heavy atom. The normalized spacial score (nSPS) is 13.1. The fourth-order valence-corrected chi connectivity index (χ4v) is 0.941. The molecule has 0 aliphatic carbocycles. The number of aliphatic carboxylic acids is 1. The van der Waals surface area contributed by atoms with Crippen molar-refractivity contribution in [3.63, 3.8) is 0 Å². The van der Waals surface area contributed by atoms with E-state index in [1.165, 1.54) is 0 Å². The first kappa shape index (κ1) is 14.9. The van der Waals surface area contributed by atoms with Gasteiger partial charge in [0.15, 0.2) is 6.10 Å². The largest absolute Gasteiger partial charge is 0.546 e. The highest BCUT2D eigenvalue weighted by atomic mass is 16.6. The molecule has 96 valence electrons. The number of hydrogen-bond donors (Lipinski definition) is 0. The van der Waals surface area contributed by atoms with Gasteiger partial charge in [-0.2, -0.15) is 0 Å². The molecule has 0 aromatic carbocycles. The number of ether oxygens (including phenoxy) is 3. The summed E-state index contributed by atoms with van der Waals surface area (Å²) in [5, 5.41) is 10.7. The number of methoxy groups -OCH3 is 1. The highest BCUT2D eigenvalue weighted by molar-refractivity contribution is 5.87. The second-order valence-electron chi connectivity index (χ2n) is 2.90. The molecule has 0 aromatic rings. The van der Waals surface area contributed by atoms with E-state index in [-0.39, 0.29) is 0 Å². The van der Waals surface area contributed by atoms with Crippen molar-refractivity contribution in [2.75, 3.05) is 7.11 Å². The molecule has 8 heteroatoms. The average Bonchev–Trinajstić information content (AvgIpc) is 2.21. The first-order chi connectivity index (χ1) is 7.79. The van der Waals surface area contributed by atoms with Gasteiger partial charge in [0.25, 0.3) is 0 Å². The SMILES string of the molecule is COC(=O)[C@@H](OC(C)=O)[C@@H](OC(C)=O)C(=O)[O-]. The minimum absolute atomic E-state index is 0.929. The second kappa shape index (κ2) is 6.46. The number of carbonyl (C=O) groups excluding carboxylic acids is 4. The Morgan fingerprint density at radius 1 is 0.941 bits per heavy atom. The summed E-state index contributed by atoms with van der Waals surface area (Å²) in [7, 11) is 0.957. The molecular formula is C9H11O8-. The Labute approximate surface area is 96.4 Å². The van der Waals surface area contributed by atoms with Crippen LogP contribution in [0.2, 0.25) is 0 Å². The summed E-state index contributed by atoms with van der Waals surface area (Å²) in [5.74, 6) is -4.95. The summed E-state index contributed by atoms with van der Waals surface area (Å²) in [6.07, 6.45) is -3.95. The van der Waals surface area contributed by atoms with Crippen LogP contribution in [-0.2, 0) is 33.4 Å². The first-order valence-electron chi connectivity index (χ1n) is 4.42. The monoisotopic (exact) mass is 247 g/mol. The summed E-state index contributed by atoms with van der Waals surface area (Å²) >= 11 is 0. The van der Waals surface area contributed by atoms with Gasteiger partial charge in [-0.25, -0.2) is 4.79 Å². The minimum atomic E-state index is -2.05. The van der Waals surface area contributed by atoms with Crippen LogP contribution in [0.25, 0.3) is 0 Å². The van der Waals surface area contributed by atoms with Gasteiger partial charge in [0.05, 0.1) is 13.1 Å². The van der Waals surface area contributed by atoms with E-state index in [0.29, 0.717) is 0 Å². The van der Waals surface area contributed by atoms with Crippen molar-refractivity contribution in [1.29, 1.82) is 0 Å². The zero-order valence-corrected chi connectivity index (χ0v) is 9.42. The molecule has 0 fully saturated rings. The zero-order chi connectivity index (χ0) is 13.6. The fourth-order valence-electron chi connectivity index (χ4n) is 0.941. The van der Waals surface area contributed by atoms with Crippen LogP contribution in [0.4, 0.5) is 0 Å². The maximum atomic E-state index is 11.2. The zero-order valence-electron chi connectivity index (χ0n) is 9.42. The second-order valence-corrected chi connectivity index (χ2v) is 2.90. The number of hydrogen-bond acceptors (Lipinski definition) is 8. The fraction of sp³-hybridized carbons (Fsp3) is 0.556. The van der Waals surface area contributed by atoms with Gasteiger partial charge >= 0.3 is 17.9 Å². The van der Waals surface area contributed by atoms with Gasteiger partial charge in [-0.1, -0.05) is 0 Å². The van der Waals surface area contributed by atoms with Crippen LogP contribution >= 0.6 is 0 Å². The van der Waals surface area contributed by atoms with Gasteiger partial charge in [0.2, 0.25) is 6.10 Å². The summed E-state index contributed by atoms with van der Waals surface area (Å²) in [5.41, 5.74) is 0. The lowest BCUT2D eigenvalue weighted by Crippen LogP contribution is -2.51. The third-order valence-electron chi connectivity index (χ3n) is 1.53. The maximum Gasteiger partial charge on any atom is 0.351 e. The van der Waals surface area contributed by atoms with Gasteiger partial charge in [-0.05, 0) is 0 Å². The van der Waals surface area contributed by atoms with Crippen LogP contribution in [0.5, 0.6) is 0 Å². The molecule has 0 heterocycles. The lowest BCUT2D eigenvalue weighted by Gasteiger charge is -2.24. The Bertz CT molecular complexity index is 334. The number of carbonyl (C=O) groups is 4. The molecule has 0 aliphatic heterocycles. The topological polar surface area (TPSA) is 119 Å². The Balaban J connectivity index is 5.05. The van der Waals surface area contributed by atoms with Gasteiger partial charge in [-0.15, -0.1) is 0 Å². The predicted molar refractivity (Wildman–Crippen MR) is 48.1 cm³/mol.